The topological polar surface area (TPSA) is 58.2 Å². The average Bonchev–Trinajstić information content (AvgIpc) is 2.22. The third-order valence-corrected chi connectivity index (χ3v) is 2.11. The fraction of sp³-hybridized carbons (Fsp3) is 0.200. The van der Waals surface area contributed by atoms with Crippen molar-refractivity contribution in [3.05, 3.63) is 35.4 Å². The molecule has 0 spiro atoms. The van der Waals surface area contributed by atoms with Gasteiger partial charge in [-0.3, -0.25) is 9.59 Å². The summed E-state index contributed by atoms with van der Waals surface area (Å²) in [5.74, 6) is -0.370. The Morgan fingerprint density at radius 3 is 1.71 bits per heavy atom. The minimum atomic E-state index is -0.185. The molecule has 0 atom stereocenters. The lowest BCUT2D eigenvalue weighted by molar-refractivity contribution is 0.0901. The molecule has 1 heterocycles. The highest BCUT2D eigenvalue weighted by atomic mass is 16.2. The molecule has 0 radical (unpaired) electrons. The molecule has 1 aliphatic heterocycles. The average molecular weight is 190 g/mol. The van der Waals surface area contributed by atoms with E-state index in [9.17, 15) is 9.59 Å². The molecule has 72 valence electrons. The number of benzene rings is 1. The van der Waals surface area contributed by atoms with Crippen LogP contribution in [0.2, 0.25) is 0 Å². The van der Waals surface area contributed by atoms with Gasteiger partial charge in [-0.2, -0.15) is 0 Å². The molecular weight excluding hydrogens is 180 g/mol. The first kappa shape index (κ1) is 8.74. The highest BCUT2D eigenvalue weighted by Crippen LogP contribution is 2.09. The van der Waals surface area contributed by atoms with E-state index in [1.54, 1.807) is 24.3 Å². The molecule has 0 aromatic heterocycles. The smallest absolute Gasteiger partial charge is 0.252 e. The number of amides is 2. The van der Waals surface area contributed by atoms with Gasteiger partial charge in [0.15, 0.2) is 0 Å². The van der Waals surface area contributed by atoms with E-state index in [4.69, 9.17) is 0 Å². The summed E-state index contributed by atoms with van der Waals surface area (Å²) >= 11 is 0. The molecule has 1 aromatic carbocycles. The van der Waals surface area contributed by atoms with E-state index >= 15 is 0 Å². The predicted molar refractivity (Wildman–Crippen MR) is 51.1 cm³/mol. The molecule has 1 aromatic rings. The largest absolute Gasteiger partial charge is 0.350 e. The molecule has 0 bridgehead atoms. The zero-order chi connectivity index (χ0) is 9.97. The van der Waals surface area contributed by atoms with Gasteiger partial charge in [-0.05, 0) is 12.1 Å². The summed E-state index contributed by atoms with van der Waals surface area (Å²) in [6.07, 6.45) is 0. The molecule has 0 fully saturated rings. The van der Waals surface area contributed by atoms with Gasteiger partial charge in [0.1, 0.15) is 0 Å². The summed E-state index contributed by atoms with van der Waals surface area (Å²) in [7, 11) is 0. The molecule has 2 rings (SSSR count). The molecular formula is C10H10N2O2. The monoisotopic (exact) mass is 190 g/mol. The zero-order valence-corrected chi connectivity index (χ0v) is 7.54. The van der Waals surface area contributed by atoms with Gasteiger partial charge in [0.25, 0.3) is 11.8 Å². The van der Waals surface area contributed by atoms with Gasteiger partial charge in [-0.15, -0.1) is 0 Å². The van der Waals surface area contributed by atoms with Gasteiger partial charge in [0, 0.05) is 13.1 Å². The van der Waals surface area contributed by atoms with Crippen LogP contribution in [0.4, 0.5) is 0 Å². The van der Waals surface area contributed by atoms with Gasteiger partial charge in [-0.25, -0.2) is 0 Å². The van der Waals surface area contributed by atoms with E-state index in [2.05, 4.69) is 10.6 Å². The summed E-state index contributed by atoms with van der Waals surface area (Å²) in [5.41, 5.74) is 0.870. The van der Waals surface area contributed by atoms with Crippen molar-refractivity contribution in [1.82, 2.24) is 10.6 Å². The standard InChI is InChI=1S/C10H10N2O2/c13-9-7-3-1-2-4-8(7)10(14)12-6-5-11-9/h1-4H,5-6H2,(H,11,13)(H,12,14). The summed E-state index contributed by atoms with van der Waals surface area (Å²) in [6.45, 7) is 0.942. The number of fused-ring (bicyclic) bond motifs is 1. The first-order valence-corrected chi connectivity index (χ1v) is 4.44. The maximum atomic E-state index is 11.5. The van der Waals surface area contributed by atoms with Crippen LogP contribution < -0.4 is 10.6 Å². The van der Waals surface area contributed by atoms with Crippen LogP contribution in [0.3, 0.4) is 0 Å². The predicted octanol–water partition coefficient (Wildman–Crippen LogP) is 0.160. The SMILES string of the molecule is O=C1NCCNC(=O)c2ccccc21. The maximum absolute atomic E-state index is 11.5. The lowest BCUT2D eigenvalue weighted by Gasteiger charge is -2.14. The molecule has 1 aliphatic rings. The fourth-order valence-corrected chi connectivity index (χ4v) is 1.42. The van der Waals surface area contributed by atoms with Gasteiger partial charge in [0.05, 0.1) is 11.1 Å². The summed E-state index contributed by atoms with van der Waals surface area (Å²) in [5, 5.41) is 5.42. The lowest BCUT2D eigenvalue weighted by atomic mass is 10.1. The molecule has 2 amide bonds. The zero-order valence-electron chi connectivity index (χ0n) is 7.54. The van der Waals surface area contributed by atoms with Crippen molar-refractivity contribution in [3.8, 4) is 0 Å². The van der Waals surface area contributed by atoms with Crippen LogP contribution in [0.25, 0.3) is 0 Å². The Bertz CT molecular complexity index is 350. The van der Waals surface area contributed by atoms with Crippen LogP contribution in [0.5, 0.6) is 0 Å². The van der Waals surface area contributed by atoms with Crippen molar-refractivity contribution in [2.24, 2.45) is 0 Å². The first-order valence-electron chi connectivity index (χ1n) is 4.44. The normalized spacial score (nSPS) is 16.0. The van der Waals surface area contributed by atoms with Crippen LogP contribution in [-0.2, 0) is 0 Å². The fourth-order valence-electron chi connectivity index (χ4n) is 1.42. The molecule has 0 saturated heterocycles. The van der Waals surface area contributed by atoms with E-state index in [0.29, 0.717) is 24.2 Å². The van der Waals surface area contributed by atoms with Gasteiger partial charge in [-0.1, -0.05) is 12.1 Å². The second kappa shape index (κ2) is 3.49. The maximum Gasteiger partial charge on any atom is 0.252 e. The molecule has 0 aliphatic carbocycles. The number of hydrogen-bond donors (Lipinski definition) is 2. The van der Waals surface area contributed by atoms with E-state index in [1.165, 1.54) is 0 Å². The van der Waals surface area contributed by atoms with Gasteiger partial charge < -0.3 is 10.6 Å². The van der Waals surface area contributed by atoms with Crippen molar-refractivity contribution in [1.29, 1.82) is 0 Å². The Labute approximate surface area is 81.3 Å². The highest BCUT2D eigenvalue weighted by molar-refractivity contribution is 6.07. The van der Waals surface area contributed by atoms with Crippen molar-refractivity contribution in [2.75, 3.05) is 13.1 Å². The molecule has 0 saturated carbocycles. The number of hydrogen-bond acceptors (Lipinski definition) is 2. The van der Waals surface area contributed by atoms with Crippen molar-refractivity contribution in [3.63, 3.8) is 0 Å². The summed E-state index contributed by atoms with van der Waals surface area (Å²) in [6, 6.07) is 6.78. The Balaban J connectivity index is 2.49. The molecule has 2 N–H and O–H groups in total. The summed E-state index contributed by atoms with van der Waals surface area (Å²) < 4.78 is 0. The molecule has 4 heteroatoms. The molecule has 4 nitrogen and oxygen atoms in total. The minimum Gasteiger partial charge on any atom is -0.350 e. The van der Waals surface area contributed by atoms with E-state index in [1.807, 2.05) is 0 Å². The van der Waals surface area contributed by atoms with E-state index in [-0.39, 0.29) is 11.8 Å². The summed E-state index contributed by atoms with van der Waals surface area (Å²) in [4.78, 5) is 23.0. The second-order valence-corrected chi connectivity index (χ2v) is 3.06. The number of carbonyl (C=O) groups is 2. The van der Waals surface area contributed by atoms with Crippen molar-refractivity contribution < 1.29 is 9.59 Å². The van der Waals surface area contributed by atoms with Crippen LogP contribution in [-0.4, -0.2) is 24.9 Å². The molecule has 0 unspecified atom stereocenters. The van der Waals surface area contributed by atoms with E-state index in [0.717, 1.165) is 0 Å². The Morgan fingerprint density at radius 1 is 0.857 bits per heavy atom. The molecule has 14 heavy (non-hydrogen) atoms. The van der Waals surface area contributed by atoms with Crippen LogP contribution in [0.1, 0.15) is 20.7 Å². The van der Waals surface area contributed by atoms with Crippen LogP contribution >= 0.6 is 0 Å². The highest BCUT2D eigenvalue weighted by Gasteiger charge is 2.17. The number of rotatable bonds is 0. The van der Waals surface area contributed by atoms with Crippen molar-refractivity contribution in [2.45, 2.75) is 0 Å². The lowest BCUT2D eigenvalue weighted by Crippen LogP contribution is -2.39. The van der Waals surface area contributed by atoms with Gasteiger partial charge in [0.2, 0.25) is 0 Å². The third kappa shape index (κ3) is 1.46. The number of nitrogens with one attached hydrogen (secondary N) is 2. The van der Waals surface area contributed by atoms with E-state index < -0.39 is 0 Å². The van der Waals surface area contributed by atoms with Crippen molar-refractivity contribution >= 4 is 11.8 Å². The Kier molecular flexibility index (Phi) is 2.18. The first-order chi connectivity index (χ1) is 6.79. The van der Waals surface area contributed by atoms with Gasteiger partial charge >= 0.3 is 0 Å². The Morgan fingerprint density at radius 2 is 1.29 bits per heavy atom. The Hall–Kier alpha value is -1.84. The second-order valence-electron chi connectivity index (χ2n) is 3.06. The number of carbonyl (C=O) groups excluding carboxylic acids is 2. The third-order valence-electron chi connectivity index (χ3n) is 2.11. The van der Waals surface area contributed by atoms with Crippen LogP contribution in [0.15, 0.2) is 24.3 Å². The van der Waals surface area contributed by atoms with Crippen LogP contribution in [0, 0.1) is 0 Å². The quantitative estimate of drug-likeness (QED) is 0.612. The minimum absolute atomic E-state index is 0.185.